The summed E-state index contributed by atoms with van der Waals surface area (Å²) < 4.78 is 0. The molecule has 3 nitrogen and oxygen atoms in total. The minimum absolute atomic E-state index is 0.526. The van der Waals surface area contributed by atoms with E-state index in [0.29, 0.717) is 24.6 Å². The third-order valence-corrected chi connectivity index (χ3v) is 5.20. The van der Waals surface area contributed by atoms with Gasteiger partial charge in [-0.1, -0.05) is 137 Å². The van der Waals surface area contributed by atoms with Gasteiger partial charge in [0.1, 0.15) is 5.84 Å². The summed E-state index contributed by atoms with van der Waals surface area (Å²) in [4.78, 5) is 13.5. The smallest absolute Gasteiger partial charge is 0.157 e. The molecular weight excluding hydrogens is 438 g/mol. The van der Waals surface area contributed by atoms with E-state index < -0.39 is 0 Å². The third kappa shape index (κ3) is 8.59. The largest absolute Gasteiger partial charge is 0.261 e. The summed E-state index contributed by atoms with van der Waals surface area (Å²) in [6.45, 7) is 18.1. The first-order valence-electron chi connectivity index (χ1n) is 12.4. The van der Waals surface area contributed by atoms with Gasteiger partial charge in [0.2, 0.25) is 0 Å². The van der Waals surface area contributed by atoms with Crippen molar-refractivity contribution >= 4 is 24.0 Å². The number of amidine groups is 2. The SMILES string of the molecule is C=C/C=C(\C=C)c1ccc(C(N=C(CC)N=C)=NCc2ccc(-c3ccccc3)cc2)cc1.CCC. The molecule has 0 radical (unpaired) electrons. The van der Waals surface area contributed by atoms with Crippen LogP contribution in [0.2, 0.25) is 0 Å². The van der Waals surface area contributed by atoms with Crippen molar-refractivity contribution in [1.82, 2.24) is 0 Å². The third-order valence-electron chi connectivity index (χ3n) is 5.20. The predicted octanol–water partition coefficient (Wildman–Crippen LogP) is 8.98. The zero-order chi connectivity index (χ0) is 26.2. The average molecular weight is 476 g/mol. The van der Waals surface area contributed by atoms with Crippen molar-refractivity contribution in [1.29, 1.82) is 0 Å². The first-order valence-corrected chi connectivity index (χ1v) is 12.4. The van der Waals surface area contributed by atoms with Gasteiger partial charge < -0.3 is 0 Å². The molecule has 36 heavy (non-hydrogen) atoms. The fourth-order valence-corrected chi connectivity index (χ4v) is 3.36. The number of hydrogen-bond donors (Lipinski definition) is 0. The Kier molecular flexibility index (Phi) is 12.3. The summed E-state index contributed by atoms with van der Waals surface area (Å²) in [6.07, 6.45) is 7.45. The highest BCUT2D eigenvalue weighted by molar-refractivity contribution is 6.07. The van der Waals surface area contributed by atoms with Crippen molar-refractivity contribution in [3.05, 3.63) is 127 Å². The highest BCUT2D eigenvalue weighted by Crippen LogP contribution is 2.20. The minimum Gasteiger partial charge on any atom is -0.261 e. The number of rotatable bonds is 8. The molecule has 3 aromatic carbocycles. The molecule has 0 heterocycles. The van der Waals surface area contributed by atoms with Gasteiger partial charge in [0, 0.05) is 12.0 Å². The molecule has 3 rings (SSSR count). The standard InChI is InChI=1S/C30H29N3.C3H8/c1-5-11-24(6-2)26-18-20-28(21-19-26)30(33-29(7-3)31-4)32-22-23-14-16-27(17-15-23)25-12-9-8-10-13-25;1-3-2/h5-6,8-21H,1-2,4,7,22H2,3H3;3H2,1-2H3/b24-11+,32-30?,33-29?;. The molecule has 3 heteroatoms. The maximum atomic E-state index is 4.82. The molecule has 0 aromatic heterocycles. The first kappa shape index (κ1) is 28.1. The lowest BCUT2D eigenvalue weighted by molar-refractivity contribution is 1.06. The van der Waals surface area contributed by atoms with Crippen molar-refractivity contribution in [3.8, 4) is 11.1 Å². The second-order valence-electron chi connectivity index (χ2n) is 8.09. The number of hydrogen-bond acceptors (Lipinski definition) is 1. The second-order valence-corrected chi connectivity index (χ2v) is 8.09. The van der Waals surface area contributed by atoms with Gasteiger partial charge >= 0.3 is 0 Å². The Morgan fingerprint density at radius 3 is 1.89 bits per heavy atom. The molecule has 0 aliphatic carbocycles. The number of benzene rings is 3. The first-order chi connectivity index (χ1) is 17.6. The van der Waals surface area contributed by atoms with Gasteiger partial charge in [-0.05, 0) is 34.5 Å². The summed E-state index contributed by atoms with van der Waals surface area (Å²) in [6, 6.07) is 26.9. The molecule has 0 aliphatic rings. The molecule has 0 amide bonds. The van der Waals surface area contributed by atoms with E-state index in [4.69, 9.17) is 4.99 Å². The Morgan fingerprint density at radius 2 is 1.36 bits per heavy atom. The van der Waals surface area contributed by atoms with Crippen LogP contribution in [0.25, 0.3) is 16.7 Å². The van der Waals surface area contributed by atoms with Crippen LogP contribution in [0.3, 0.4) is 0 Å². The molecule has 0 fully saturated rings. The quantitative estimate of drug-likeness (QED) is 0.177. The zero-order valence-corrected chi connectivity index (χ0v) is 21.8. The molecule has 0 atom stereocenters. The Bertz CT molecular complexity index is 1200. The van der Waals surface area contributed by atoms with Crippen molar-refractivity contribution in [2.24, 2.45) is 15.0 Å². The van der Waals surface area contributed by atoms with Crippen LogP contribution in [0.1, 0.15) is 50.3 Å². The fraction of sp³-hybridized carbons (Fsp3) is 0.182. The Balaban J connectivity index is 0.00000145. The van der Waals surface area contributed by atoms with Crippen LogP contribution in [-0.2, 0) is 6.54 Å². The zero-order valence-electron chi connectivity index (χ0n) is 21.8. The van der Waals surface area contributed by atoms with Gasteiger partial charge in [0.15, 0.2) is 5.84 Å². The van der Waals surface area contributed by atoms with Crippen LogP contribution in [-0.4, -0.2) is 18.4 Å². The van der Waals surface area contributed by atoms with Crippen LogP contribution in [0.5, 0.6) is 0 Å². The summed E-state index contributed by atoms with van der Waals surface area (Å²) >= 11 is 0. The highest BCUT2D eigenvalue weighted by atomic mass is 15.0. The topological polar surface area (TPSA) is 37.1 Å². The van der Waals surface area contributed by atoms with E-state index in [-0.39, 0.29) is 0 Å². The van der Waals surface area contributed by atoms with Gasteiger partial charge in [-0.2, -0.15) is 0 Å². The number of allylic oxidation sites excluding steroid dienone is 4. The Morgan fingerprint density at radius 1 is 0.778 bits per heavy atom. The summed E-state index contributed by atoms with van der Waals surface area (Å²) in [5, 5.41) is 0. The molecule has 0 spiro atoms. The Labute approximate surface area is 217 Å². The summed E-state index contributed by atoms with van der Waals surface area (Å²) in [5.74, 6) is 1.31. The maximum absolute atomic E-state index is 4.82. The number of nitrogens with zero attached hydrogens (tertiary/aromatic N) is 3. The van der Waals surface area contributed by atoms with Crippen molar-refractivity contribution in [3.63, 3.8) is 0 Å². The lowest BCUT2D eigenvalue weighted by Crippen LogP contribution is -2.03. The van der Waals surface area contributed by atoms with Gasteiger partial charge in [0.25, 0.3) is 0 Å². The van der Waals surface area contributed by atoms with Gasteiger partial charge in [-0.15, -0.1) is 0 Å². The molecule has 0 bridgehead atoms. The second kappa shape index (κ2) is 15.7. The van der Waals surface area contributed by atoms with E-state index in [1.165, 1.54) is 17.5 Å². The minimum atomic E-state index is 0.526. The molecule has 0 N–H and O–H groups in total. The van der Waals surface area contributed by atoms with E-state index in [1.54, 1.807) is 6.08 Å². The van der Waals surface area contributed by atoms with E-state index in [9.17, 15) is 0 Å². The van der Waals surface area contributed by atoms with Crippen LogP contribution < -0.4 is 0 Å². The summed E-state index contributed by atoms with van der Waals surface area (Å²) in [5.41, 5.74) is 6.51. The molecule has 0 saturated carbocycles. The van der Waals surface area contributed by atoms with E-state index in [1.807, 2.05) is 61.5 Å². The van der Waals surface area contributed by atoms with Crippen molar-refractivity contribution in [2.45, 2.75) is 40.2 Å². The molecule has 0 saturated heterocycles. The summed E-state index contributed by atoms with van der Waals surface area (Å²) in [7, 11) is 0. The molecule has 184 valence electrons. The maximum Gasteiger partial charge on any atom is 0.157 e. The highest BCUT2D eigenvalue weighted by Gasteiger charge is 2.06. The van der Waals surface area contributed by atoms with Gasteiger partial charge in [-0.3, -0.25) is 4.99 Å². The monoisotopic (exact) mass is 475 g/mol. The van der Waals surface area contributed by atoms with Crippen LogP contribution in [0, 0.1) is 0 Å². The lowest BCUT2D eigenvalue weighted by Gasteiger charge is -2.07. The molecule has 0 aliphatic heterocycles. The lowest BCUT2D eigenvalue weighted by atomic mass is 10.0. The van der Waals surface area contributed by atoms with Crippen LogP contribution in [0.15, 0.2) is 125 Å². The van der Waals surface area contributed by atoms with Gasteiger partial charge in [-0.25, -0.2) is 9.98 Å². The molecular formula is C33H37N3. The fourth-order valence-electron chi connectivity index (χ4n) is 3.36. The van der Waals surface area contributed by atoms with Crippen LogP contribution in [0.4, 0.5) is 0 Å². The Hall–Kier alpha value is -4.11. The van der Waals surface area contributed by atoms with Crippen molar-refractivity contribution in [2.75, 3.05) is 0 Å². The van der Waals surface area contributed by atoms with E-state index in [2.05, 4.69) is 80.1 Å². The molecule has 0 unspecified atom stereocenters. The van der Waals surface area contributed by atoms with Crippen LogP contribution >= 0.6 is 0 Å². The average Bonchev–Trinajstić information content (AvgIpc) is 2.93. The van der Waals surface area contributed by atoms with Gasteiger partial charge in [0.05, 0.1) is 6.54 Å². The normalized spacial score (nSPS) is 11.8. The van der Waals surface area contributed by atoms with E-state index >= 15 is 0 Å². The molecule has 3 aromatic rings. The number of aliphatic imine (C=N–C) groups is 3. The van der Waals surface area contributed by atoms with Crippen molar-refractivity contribution < 1.29 is 0 Å². The predicted molar refractivity (Wildman–Crippen MR) is 160 cm³/mol. The van der Waals surface area contributed by atoms with E-state index in [0.717, 1.165) is 22.3 Å².